The molecule has 0 spiro atoms. The molecule has 1 atom stereocenters. The smallest absolute Gasteiger partial charge is 0.381 e. The molecule has 28 heavy (non-hydrogen) atoms. The number of benzene rings is 2. The fraction of sp³-hybridized carbons (Fsp3) is 0.381. The van der Waals surface area contributed by atoms with Gasteiger partial charge in [0.1, 0.15) is 0 Å². The van der Waals surface area contributed by atoms with E-state index in [0.717, 1.165) is 28.9 Å². The van der Waals surface area contributed by atoms with Gasteiger partial charge in [0.05, 0.1) is 11.6 Å². The van der Waals surface area contributed by atoms with E-state index in [1.807, 2.05) is 26.8 Å². The fourth-order valence-corrected chi connectivity index (χ4v) is 2.77. The van der Waals surface area contributed by atoms with Crippen molar-refractivity contribution < 1.29 is 18.0 Å². The van der Waals surface area contributed by atoms with Crippen molar-refractivity contribution in [3.05, 3.63) is 59.2 Å². The Morgan fingerprint density at radius 1 is 1.11 bits per heavy atom. The second kappa shape index (κ2) is 9.10. The van der Waals surface area contributed by atoms with E-state index in [2.05, 4.69) is 10.6 Å². The maximum atomic E-state index is 12.6. The Morgan fingerprint density at radius 2 is 1.75 bits per heavy atom. The van der Waals surface area contributed by atoms with Crippen molar-refractivity contribution in [2.45, 2.75) is 46.0 Å². The van der Waals surface area contributed by atoms with Gasteiger partial charge in [0.25, 0.3) is 0 Å². The summed E-state index contributed by atoms with van der Waals surface area (Å²) in [4.78, 5) is 12.2. The summed E-state index contributed by atoms with van der Waals surface area (Å²) in [7, 11) is 0. The largest absolute Gasteiger partial charge is 0.416 e. The van der Waals surface area contributed by atoms with Gasteiger partial charge >= 0.3 is 6.18 Å². The first-order chi connectivity index (χ1) is 13.1. The van der Waals surface area contributed by atoms with Crippen molar-refractivity contribution in [1.29, 1.82) is 0 Å². The van der Waals surface area contributed by atoms with E-state index < -0.39 is 17.8 Å². The van der Waals surface area contributed by atoms with Crippen LogP contribution in [0.5, 0.6) is 0 Å². The van der Waals surface area contributed by atoms with Gasteiger partial charge in [-0.25, -0.2) is 0 Å². The first kappa shape index (κ1) is 21.8. The Bertz CT molecular complexity index is 802. The Balaban J connectivity index is 1.96. The van der Waals surface area contributed by atoms with E-state index in [4.69, 9.17) is 5.73 Å². The van der Waals surface area contributed by atoms with Gasteiger partial charge in [-0.2, -0.15) is 13.2 Å². The molecule has 0 saturated heterocycles. The number of anilines is 2. The number of carbonyl (C=O) groups excluding carboxylic acids is 1. The summed E-state index contributed by atoms with van der Waals surface area (Å²) in [6.45, 7) is 6.28. The summed E-state index contributed by atoms with van der Waals surface area (Å²) in [5, 5.41) is 6.01. The van der Waals surface area contributed by atoms with Crippen molar-refractivity contribution in [2.75, 3.05) is 10.6 Å². The molecule has 0 aliphatic heterocycles. The Morgan fingerprint density at radius 3 is 2.29 bits per heavy atom. The molecule has 0 radical (unpaired) electrons. The minimum atomic E-state index is -4.33. The first-order valence-corrected chi connectivity index (χ1v) is 9.13. The van der Waals surface area contributed by atoms with E-state index in [-0.39, 0.29) is 5.91 Å². The van der Waals surface area contributed by atoms with Crippen LogP contribution in [-0.4, -0.2) is 11.9 Å². The van der Waals surface area contributed by atoms with Crippen molar-refractivity contribution in [1.82, 2.24) is 0 Å². The van der Waals surface area contributed by atoms with Crippen LogP contribution in [0.3, 0.4) is 0 Å². The predicted octanol–water partition coefficient (Wildman–Crippen LogP) is 4.94. The number of aryl methyl sites for hydroxylation is 1. The van der Waals surface area contributed by atoms with Crippen LogP contribution < -0.4 is 16.4 Å². The lowest BCUT2D eigenvalue weighted by atomic mass is 10.0. The number of alkyl halides is 3. The molecule has 0 saturated carbocycles. The molecule has 0 heterocycles. The Hall–Kier alpha value is -2.54. The van der Waals surface area contributed by atoms with Crippen LogP contribution >= 0.6 is 0 Å². The van der Waals surface area contributed by atoms with Gasteiger partial charge in [0, 0.05) is 17.9 Å². The molecule has 0 aromatic heterocycles. The topological polar surface area (TPSA) is 67.1 Å². The van der Waals surface area contributed by atoms with E-state index in [0.29, 0.717) is 24.6 Å². The van der Waals surface area contributed by atoms with Gasteiger partial charge in [-0.05, 0) is 60.7 Å². The quantitative estimate of drug-likeness (QED) is 0.624. The van der Waals surface area contributed by atoms with Gasteiger partial charge in [-0.3, -0.25) is 4.79 Å². The fourth-order valence-electron chi connectivity index (χ4n) is 2.77. The van der Waals surface area contributed by atoms with Gasteiger partial charge in [-0.1, -0.05) is 26.0 Å². The highest BCUT2D eigenvalue weighted by atomic mass is 19.4. The molecule has 1 amide bonds. The molecule has 2 aromatic rings. The van der Waals surface area contributed by atoms with Crippen LogP contribution in [0.1, 0.15) is 37.0 Å². The third kappa shape index (κ3) is 6.27. The zero-order valence-electron chi connectivity index (χ0n) is 16.2. The second-order valence-electron chi connectivity index (χ2n) is 7.30. The van der Waals surface area contributed by atoms with Crippen molar-refractivity contribution >= 4 is 17.3 Å². The zero-order valence-corrected chi connectivity index (χ0v) is 16.2. The normalized spacial score (nSPS) is 12.7. The van der Waals surface area contributed by atoms with Gasteiger partial charge in [-0.15, -0.1) is 0 Å². The van der Waals surface area contributed by atoms with Crippen molar-refractivity contribution in [3.63, 3.8) is 0 Å². The number of carbonyl (C=O) groups is 1. The number of hydrogen-bond donors (Lipinski definition) is 3. The van der Waals surface area contributed by atoms with Gasteiger partial charge in [0.15, 0.2) is 0 Å². The lowest BCUT2D eigenvalue weighted by Crippen LogP contribution is -2.36. The summed E-state index contributed by atoms with van der Waals surface area (Å²) in [6.07, 6.45) is -3.72. The SMILES string of the molecule is Cc1cc(NCc2ccc(C(F)(F)F)cc2)ccc1NC(=O)[C@H](N)CC(C)C. The van der Waals surface area contributed by atoms with Crippen LogP contribution in [0.4, 0.5) is 24.5 Å². The molecule has 0 bridgehead atoms. The molecule has 7 heteroatoms. The minimum Gasteiger partial charge on any atom is -0.381 e. The number of nitrogens with one attached hydrogen (secondary N) is 2. The lowest BCUT2D eigenvalue weighted by molar-refractivity contribution is -0.137. The molecule has 152 valence electrons. The number of amides is 1. The lowest BCUT2D eigenvalue weighted by Gasteiger charge is -2.16. The maximum Gasteiger partial charge on any atom is 0.416 e. The number of hydrogen-bond acceptors (Lipinski definition) is 3. The minimum absolute atomic E-state index is 0.220. The summed E-state index contributed by atoms with van der Waals surface area (Å²) in [5.74, 6) is 0.112. The summed E-state index contributed by atoms with van der Waals surface area (Å²) < 4.78 is 37.8. The number of halogens is 3. The molecule has 0 aliphatic carbocycles. The first-order valence-electron chi connectivity index (χ1n) is 9.13. The average Bonchev–Trinajstić information content (AvgIpc) is 2.61. The van der Waals surface area contributed by atoms with Gasteiger partial charge in [0.2, 0.25) is 5.91 Å². The summed E-state index contributed by atoms with van der Waals surface area (Å²) in [6, 6.07) is 9.94. The van der Waals surface area contributed by atoms with Crippen LogP contribution in [0, 0.1) is 12.8 Å². The highest BCUT2D eigenvalue weighted by Gasteiger charge is 2.29. The average molecular weight is 393 g/mol. The van der Waals surface area contributed by atoms with Crippen molar-refractivity contribution in [3.8, 4) is 0 Å². The highest BCUT2D eigenvalue weighted by molar-refractivity contribution is 5.95. The standard InChI is InChI=1S/C21H26F3N3O/c1-13(2)10-18(25)20(28)27-19-9-8-17(11-14(19)3)26-12-15-4-6-16(7-5-15)21(22,23)24/h4-9,11,13,18,26H,10,12,25H2,1-3H3,(H,27,28)/t18-/m1/s1. The van der Waals surface area contributed by atoms with E-state index in [1.54, 1.807) is 12.1 Å². The molecular formula is C21H26F3N3O. The van der Waals surface area contributed by atoms with Crippen LogP contribution in [-0.2, 0) is 17.5 Å². The molecule has 4 nitrogen and oxygen atoms in total. The third-order valence-corrected chi connectivity index (χ3v) is 4.32. The molecule has 0 fully saturated rings. The zero-order chi connectivity index (χ0) is 20.9. The molecule has 4 N–H and O–H groups in total. The predicted molar refractivity (Wildman–Crippen MR) is 106 cm³/mol. The van der Waals surface area contributed by atoms with Crippen molar-refractivity contribution in [2.24, 2.45) is 11.7 Å². The van der Waals surface area contributed by atoms with Gasteiger partial charge < -0.3 is 16.4 Å². The van der Waals surface area contributed by atoms with Crippen LogP contribution in [0.25, 0.3) is 0 Å². The molecule has 0 aliphatic rings. The highest BCUT2D eigenvalue weighted by Crippen LogP contribution is 2.29. The second-order valence-corrected chi connectivity index (χ2v) is 7.30. The number of nitrogens with two attached hydrogens (primary N) is 1. The monoisotopic (exact) mass is 393 g/mol. The molecule has 0 unspecified atom stereocenters. The van der Waals surface area contributed by atoms with E-state index in [9.17, 15) is 18.0 Å². The number of rotatable bonds is 7. The molecular weight excluding hydrogens is 367 g/mol. The summed E-state index contributed by atoms with van der Waals surface area (Å²) >= 11 is 0. The molecule has 2 rings (SSSR count). The van der Waals surface area contributed by atoms with E-state index >= 15 is 0 Å². The summed E-state index contributed by atoms with van der Waals surface area (Å²) in [5.41, 5.74) is 8.33. The van der Waals surface area contributed by atoms with Crippen LogP contribution in [0.2, 0.25) is 0 Å². The molecule has 2 aromatic carbocycles. The maximum absolute atomic E-state index is 12.6. The van der Waals surface area contributed by atoms with E-state index in [1.165, 1.54) is 12.1 Å². The Labute approximate surface area is 163 Å². The van der Waals surface area contributed by atoms with Crippen LogP contribution in [0.15, 0.2) is 42.5 Å². The third-order valence-electron chi connectivity index (χ3n) is 4.32. The Kier molecular flexibility index (Phi) is 7.07.